The van der Waals surface area contributed by atoms with E-state index < -0.39 is 35.0 Å². The molecule has 0 saturated carbocycles. The van der Waals surface area contributed by atoms with Crippen LogP contribution in [0.1, 0.15) is 31.9 Å². The van der Waals surface area contributed by atoms with Gasteiger partial charge in [-0.3, -0.25) is 0 Å². The molecule has 8 heteroatoms. The molecular formula is C16H15F3O5. The van der Waals surface area contributed by atoms with Gasteiger partial charge in [0, 0.05) is 13.8 Å². The molecular weight excluding hydrogens is 329 g/mol. The number of hydrogen-bond donors (Lipinski definition) is 0. The molecule has 1 aromatic rings. The molecule has 2 rings (SSSR count). The number of carbonyl (C=O) groups is 2. The molecule has 1 aliphatic rings. The van der Waals surface area contributed by atoms with Gasteiger partial charge in [-0.25, -0.2) is 9.59 Å². The smallest absolute Gasteiger partial charge is 0.419 e. The predicted molar refractivity (Wildman–Crippen MR) is 76.9 cm³/mol. The van der Waals surface area contributed by atoms with Gasteiger partial charge in [-0.15, -0.1) is 0 Å². The first-order chi connectivity index (χ1) is 11.0. The van der Waals surface area contributed by atoms with Gasteiger partial charge in [0.25, 0.3) is 5.79 Å². The Labute approximate surface area is 136 Å². The highest BCUT2D eigenvalue weighted by Crippen LogP contribution is 2.37. The summed E-state index contributed by atoms with van der Waals surface area (Å²) < 4.78 is 54.0. The van der Waals surface area contributed by atoms with Crippen molar-refractivity contribution < 1.29 is 37.0 Å². The number of carbonyl (C=O) groups excluding carboxylic acids is 2. The third-order valence-corrected chi connectivity index (χ3v) is 3.04. The second-order valence-electron chi connectivity index (χ2n) is 5.42. The van der Waals surface area contributed by atoms with Crippen LogP contribution in [0.4, 0.5) is 13.2 Å². The van der Waals surface area contributed by atoms with E-state index in [4.69, 9.17) is 14.2 Å². The molecule has 5 nitrogen and oxygen atoms in total. The summed E-state index contributed by atoms with van der Waals surface area (Å²) in [5.74, 6) is -3.67. The van der Waals surface area contributed by atoms with Crippen molar-refractivity contribution >= 4 is 18.0 Å². The molecule has 0 unspecified atom stereocenters. The lowest BCUT2D eigenvalue weighted by atomic mass is 10.1. The lowest BCUT2D eigenvalue weighted by Gasteiger charge is -2.29. The van der Waals surface area contributed by atoms with Gasteiger partial charge in [0.2, 0.25) is 0 Å². The zero-order valence-corrected chi connectivity index (χ0v) is 13.2. The van der Waals surface area contributed by atoms with Crippen LogP contribution in [0.2, 0.25) is 0 Å². The average Bonchev–Trinajstić information content (AvgIpc) is 2.42. The molecule has 1 heterocycles. The molecule has 1 saturated heterocycles. The number of cyclic esters (lactones) is 2. The third kappa shape index (κ3) is 3.87. The molecule has 0 bridgehead atoms. The Morgan fingerprint density at radius 1 is 1.17 bits per heavy atom. The minimum Gasteiger partial charge on any atom is -0.493 e. The number of ether oxygens (including phenoxy) is 3. The Hall–Kier alpha value is -2.51. The standard InChI is InChI=1S/C16H15F3O5/c1-4-22-12-6-5-9(8-11(12)16(17,18)19)7-10-13(20)23-15(2,3)24-14(10)21/h5-8H,4H2,1-3H3. The monoisotopic (exact) mass is 344 g/mol. The van der Waals surface area contributed by atoms with Gasteiger partial charge in [-0.05, 0) is 30.7 Å². The maximum absolute atomic E-state index is 13.1. The van der Waals surface area contributed by atoms with Gasteiger partial charge >= 0.3 is 18.1 Å². The zero-order valence-electron chi connectivity index (χ0n) is 13.2. The van der Waals surface area contributed by atoms with Crippen LogP contribution in [-0.4, -0.2) is 24.3 Å². The predicted octanol–water partition coefficient (Wildman–Crippen LogP) is 3.32. The summed E-state index contributed by atoms with van der Waals surface area (Å²) in [6, 6.07) is 3.22. The Morgan fingerprint density at radius 3 is 2.25 bits per heavy atom. The zero-order chi connectivity index (χ0) is 18.1. The van der Waals surface area contributed by atoms with Crippen LogP contribution in [0.15, 0.2) is 23.8 Å². The topological polar surface area (TPSA) is 61.8 Å². The first kappa shape index (κ1) is 17.8. The molecule has 0 atom stereocenters. The molecule has 0 N–H and O–H groups in total. The van der Waals surface area contributed by atoms with Crippen molar-refractivity contribution in [1.82, 2.24) is 0 Å². The van der Waals surface area contributed by atoms with Crippen molar-refractivity contribution in [2.24, 2.45) is 0 Å². The van der Waals surface area contributed by atoms with E-state index in [1.165, 1.54) is 19.9 Å². The van der Waals surface area contributed by atoms with Crippen LogP contribution in [0, 0.1) is 0 Å². The first-order valence-electron chi connectivity index (χ1n) is 7.06. The number of halogens is 3. The Bertz CT molecular complexity index is 682. The fourth-order valence-electron chi connectivity index (χ4n) is 2.09. The molecule has 0 amide bonds. The largest absolute Gasteiger partial charge is 0.493 e. The third-order valence-electron chi connectivity index (χ3n) is 3.04. The summed E-state index contributed by atoms with van der Waals surface area (Å²) in [5, 5.41) is 0. The highest BCUT2D eigenvalue weighted by atomic mass is 19.4. The van der Waals surface area contributed by atoms with Crippen LogP contribution in [0.5, 0.6) is 5.75 Å². The van der Waals surface area contributed by atoms with Crippen LogP contribution in [0.25, 0.3) is 6.08 Å². The van der Waals surface area contributed by atoms with Crippen LogP contribution < -0.4 is 4.74 Å². The van der Waals surface area contributed by atoms with Gasteiger partial charge in [-0.1, -0.05) is 6.07 Å². The van der Waals surface area contributed by atoms with Crippen LogP contribution in [-0.2, 0) is 25.2 Å². The van der Waals surface area contributed by atoms with E-state index in [9.17, 15) is 22.8 Å². The number of benzene rings is 1. The van der Waals surface area contributed by atoms with Crippen molar-refractivity contribution in [1.29, 1.82) is 0 Å². The SMILES string of the molecule is CCOc1ccc(C=C2C(=O)OC(C)(C)OC2=O)cc1C(F)(F)F. The van der Waals surface area contributed by atoms with Crippen molar-refractivity contribution in [2.75, 3.05) is 6.61 Å². The van der Waals surface area contributed by atoms with Gasteiger partial charge in [0.15, 0.2) is 0 Å². The van der Waals surface area contributed by atoms with Gasteiger partial charge in [0.1, 0.15) is 11.3 Å². The van der Waals surface area contributed by atoms with Crippen LogP contribution in [0.3, 0.4) is 0 Å². The molecule has 130 valence electrons. The lowest BCUT2D eigenvalue weighted by molar-refractivity contribution is -0.222. The van der Waals surface area contributed by atoms with Crippen molar-refractivity contribution in [3.8, 4) is 5.75 Å². The van der Waals surface area contributed by atoms with Gasteiger partial charge in [-0.2, -0.15) is 13.2 Å². The van der Waals surface area contributed by atoms with Crippen molar-refractivity contribution in [3.63, 3.8) is 0 Å². The first-order valence-corrected chi connectivity index (χ1v) is 7.06. The number of alkyl halides is 3. The molecule has 1 aliphatic heterocycles. The fraction of sp³-hybridized carbons (Fsp3) is 0.375. The molecule has 24 heavy (non-hydrogen) atoms. The van der Waals surface area contributed by atoms with Crippen molar-refractivity contribution in [2.45, 2.75) is 32.7 Å². The Kier molecular flexibility index (Phi) is 4.59. The molecule has 0 aromatic heterocycles. The van der Waals surface area contributed by atoms with Gasteiger partial charge in [0.05, 0.1) is 12.2 Å². The summed E-state index contributed by atoms with van der Waals surface area (Å²) in [5.41, 5.74) is -1.49. The maximum Gasteiger partial charge on any atom is 0.419 e. The number of hydrogen-bond acceptors (Lipinski definition) is 5. The van der Waals surface area contributed by atoms with E-state index in [0.29, 0.717) is 0 Å². The van der Waals surface area contributed by atoms with E-state index in [1.54, 1.807) is 6.92 Å². The van der Waals surface area contributed by atoms with Gasteiger partial charge < -0.3 is 14.2 Å². The summed E-state index contributed by atoms with van der Waals surface area (Å²) in [4.78, 5) is 23.7. The molecule has 0 aliphatic carbocycles. The van der Waals surface area contributed by atoms with E-state index in [2.05, 4.69) is 0 Å². The Morgan fingerprint density at radius 2 is 1.75 bits per heavy atom. The molecule has 0 spiro atoms. The summed E-state index contributed by atoms with van der Waals surface area (Å²) >= 11 is 0. The van der Waals surface area contributed by atoms with E-state index >= 15 is 0 Å². The Balaban J connectivity index is 2.43. The summed E-state index contributed by atoms with van der Waals surface area (Å²) in [6.07, 6.45) is -3.65. The second-order valence-corrected chi connectivity index (χ2v) is 5.42. The maximum atomic E-state index is 13.1. The van der Waals surface area contributed by atoms with E-state index in [1.807, 2.05) is 0 Å². The lowest BCUT2D eigenvalue weighted by Crippen LogP contribution is -2.41. The summed E-state index contributed by atoms with van der Waals surface area (Å²) in [7, 11) is 0. The highest BCUT2D eigenvalue weighted by Gasteiger charge is 2.39. The molecule has 1 aromatic carbocycles. The minimum absolute atomic E-state index is 0.00520. The van der Waals surface area contributed by atoms with Crippen LogP contribution >= 0.6 is 0 Å². The quantitative estimate of drug-likeness (QED) is 0.478. The van der Waals surface area contributed by atoms with E-state index in [0.717, 1.165) is 18.2 Å². The molecule has 1 fully saturated rings. The summed E-state index contributed by atoms with van der Waals surface area (Å²) in [6.45, 7) is 4.37. The number of rotatable bonds is 3. The highest BCUT2D eigenvalue weighted by molar-refractivity contribution is 6.18. The number of esters is 2. The fourth-order valence-corrected chi connectivity index (χ4v) is 2.09. The average molecular weight is 344 g/mol. The molecule has 0 radical (unpaired) electrons. The second kappa shape index (κ2) is 6.18. The normalized spacial score (nSPS) is 17.2. The minimum atomic E-state index is -4.64. The van der Waals surface area contributed by atoms with Crippen molar-refractivity contribution in [3.05, 3.63) is 34.9 Å². The van der Waals surface area contributed by atoms with E-state index in [-0.39, 0.29) is 17.9 Å².